The fourth-order valence-electron chi connectivity index (χ4n) is 3.15. The number of aryl methyl sites for hydroxylation is 2. The molecule has 1 aromatic carbocycles. The van der Waals surface area contributed by atoms with Crippen LogP contribution >= 0.6 is 0 Å². The molecule has 0 spiro atoms. The first-order valence-electron chi connectivity index (χ1n) is 9.10. The second kappa shape index (κ2) is 8.71. The summed E-state index contributed by atoms with van der Waals surface area (Å²) in [6, 6.07) is 4.61. The van der Waals surface area contributed by atoms with E-state index in [9.17, 15) is 14.7 Å². The van der Waals surface area contributed by atoms with Crippen LogP contribution in [0.2, 0.25) is 0 Å². The smallest absolute Gasteiger partial charge is 0.326 e. The van der Waals surface area contributed by atoms with Crippen LogP contribution in [-0.2, 0) is 4.79 Å². The van der Waals surface area contributed by atoms with Crippen molar-refractivity contribution in [2.75, 3.05) is 7.05 Å². The molecule has 0 fully saturated rings. The minimum Gasteiger partial charge on any atom is -0.480 e. The lowest BCUT2D eigenvalue weighted by Crippen LogP contribution is -2.41. The Kier molecular flexibility index (Phi) is 6.61. The molecule has 1 aliphatic carbocycles. The molecule has 2 atom stereocenters. The number of allylic oxidation sites excluding steroid dienone is 4. The van der Waals surface area contributed by atoms with Crippen LogP contribution in [0.5, 0.6) is 0 Å². The van der Waals surface area contributed by atoms with Crippen molar-refractivity contribution in [3.8, 4) is 0 Å². The van der Waals surface area contributed by atoms with Gasteiger partial charge in [-0.25, -0.2) is 4.79 Å². The highest BCUT2D eigenvalue weighted by Crippen LogP contribution is 2.30. The molecule has 0 bridgehead atoms. The number of nitrogens with one attached hydrogen (secondary N) is 2. The van der Waals surface area contributed by atoms with Crippen LogP contribution in [0.3, 0.4) is 0 Å². The quantitative estimate of drug-likeness (QED) is 0.644. The van der Waals surface area contributed by atoms with Crippen LogP contribution in [0.4, 0.5) is 0 Å². The molecule has 0 heterocycles. The third-order valence-corrected chi connectivity index (χ3v) is 4.88. The lowest BCUT2D eigenvalue weighted by molar-refractivity contribution is -0.139. The molecule has 5 nitrogen and oxygen atoms in total. The summed E-state index contributed by atoms with van der Waals surface area (Å²) >= 11 is 0. The van der Waals surface area contributed by atoms with E-state index in [1.54, 1.807) is 0 Å². The summed E-state index contributed by atoms with van der Waals surface area (Å²) in [5.41, 5.74) is 3.13. The zero-order valence-corrected chi connectivity index (χ0v) is 16.4. The number of amides is 1. The second-order valence-corrected chi connectivity index (χ2v) is 7.22. The molecule has 2 unspecified atom stereocenters. The number of carbonyl (C=O) groups excluding carboxylic acids is 1. The summed E-state index contributed by atoms with van der Waals surface area (Å²) < 4.78 is 0. The molecule has 1 aliphatic rings. The van der Waals surface area contributed by atoms with Crippen molar-refractivity contribution in [1.29, 1.82) is 0 Å². The van der Waals surface area contributed by atoms with Crippen LogP contribution in [-0.4, -0.2) is 30.1 Å². The maximum atomic E-state index is 12.6. The molecule has 2 rings (SSSR count). The van der Waals surface area contributed by atoms with Crippen molar-refractivity contribution in [3.05, 3.63) is 71.0 Å². The predicted octanol–water partition coefficient (Wildman–Crippen LogP) is 3.50. The van der Waals surface area contributed by atoms with E-state index in [0.29, 0.717) is 5.56 Å². The van der Waals surface area contributed by atoms with Gasteiger partial charge < -0.3 is 15.7 Å². The van der Waals surface area contributed by atoms with E-state index >= 15 is 0 Å². The van der Waals surface area contributed by atoms with E-state index < -0.39 is 12.0 Å². The average Bonchev–Trinajstić information content (AvgIpc) is 2.61. The lowest BCUT2D eigenvalue weighted by Gasteiger charge is -2.24. The van der Waals surface area contributed by atoms with Crippen molar-refractivity contribution in [2.45, 2.75) is 39.7 Å². The fraction of sp³-hybridized carbons (Fsp3) is 0.364. The van der Waals surface area contributed by atoms with Crippen molar-refractivity contribution in [3.63, 3.8) is 0 Å². The van der Waals surface area contributed by atoms with Gasteiger partial charge in [0.2, 0.25) is 0 Å². The van der Waals surface area contributed by atoms with Crippen molar-refractivity contribution in [2.24, 2.45) is 5.41 Å². The van der Waals surface area contributed by atoms with E-state index in [4.69, 9.17) is 0 Å². The minimum atomic E-state index is -1.04. The van der Waals surface area contributed by atoms with Gasteiger partial charge >= 0.3 is 5.97 Å². The van der Waals surface area contributed by atoms with E-state index in [2.05, 4.69) is 29.7 Å². The standard InChI is InChI=1S/C22H28N2O3/c1-15-7-5-8-16(2)19(15)20(25)24-18(21(26)27)9-6-12-22(3)13-10-17(23-4)11-14-22/h5-8,10-13,18,23H,9,14H2,1-4H3,(H,24,25)(H,26,27)/b12-6+. The SMILES string of the molecule is CNC1=CCC(C)(/C=C/CC(NC(=O)c2c(C)cccc2C)C(=O)O)C=C1. The molecule has 1 amide bonds. The van der Waals surface area contributed by atoms with E-state index in [0.717, 1.165) is 23.2 Å². The molecule has 1 aromatic rings. The third kappa shape index (κ3) is 5.33. The van der Waals surface area contributed by atoms with Crippen molar-refractivity contribution < 1.29 is 14.7 Å². The monoisotopic (exact) mass is 368 g/mol. The Hall–Kier alpha value is -2.82. The molecule has 0 radical (unpaired) electrons. The number of aliphatic carboxylic acids is 1. The van der Waals surface area contributed by atoms with Crippen LogP contribution < -0.4 is 10.6 Å². The number of benzene rings is 1. The predicted molar refractivity (Wildman–Crippen MR) is 108 cm³/mol. The van der Waals surface area contributed by atoms with Gasteiger partial charge in [-0.3, -0.25) is 4.79 Å². The van der Waals surface area contributed by atoms with Gasteiger partial charge in [-0.2, -0.15) is 0 Å². The summed E-state index contributed by atoms with van der Waals surface area (Å²) in [4.78, 5) is 24.2. The molecule has 0 aliphatic heterocycles. The highest BCUT2D eigenvalue weighted by Gasteiger charge is 2.23. The molecule has 144 valence electrons. The van der Waals surface area contributed by atoms with Gasteiger partial charge in [-0.1, -0.05) is 49.4 Å². The van der Waals surface area contributed by atoms with E-state index in [1.165, 1.54) is 0 Å². The number of rotatable bonds is 7. The van der Waals surface area contributed by atoms with Crippen LogP contribution in [0.1, 0.15) is 41.3 Å². The zero-order chi connectivity index (χ0) is 20.0. The van der Waals surface area contributed by atoms with E-state index in [1.807, 2.05) is 57.3 Å². The Morgan fingerprint density at radius 1 is 1.30 bits per heavy atom. The van der Waals surface area contributed by atoms with Crippen LogP contribution in [0.15, 0.2) is 54.3 Å². The first-order chi connectivity index (χ1) is 12.8. The maximum Gasteiger partial charge on any atom is 0.326 e. The summed E-state index contributed by atoms with van der Waals surface area (Å²) in [5.74, 6) is -1.39. The zero-order valence-electron chi connectivity index (χ0n) is 16.4. The Morgan fingerprint density at radius 3 is 2.48 bits per heavy atom. The van der Waals surface area contributed by atoms with Crippen LogP contribution in [0.25, 0.3) is 0 Å². The van der Waals surface area contributed by atoms with Gasteiger partial charge in [0.05, 0.1) is 0 Å². The molecular weight excluding hydrogens is 340 g/mol. The van der Waals surface area contributed by atoms with Crippen molar-refractivity contribution >= 4 is 11.9 Å². The maximum absolute atomic E-state index is 12.6. The molecule has 27 heavy (non-hydrogen) atoms. The van der Waals surface area contributed by atoms with Gasteiger partial charge in [0.15, 0.2) is 0 Å². The van der Waals surface area contributed by atoms with E-state index in [-0.39, 0.29) is 17.7 Å². The van der Waals surface area contributed by atoms with Gasteiger partial charge in [0.25, 0.3) is 5.91 Å². The fourth-order valence-corrected chi connectivity index (χ4v) is 3.15. The van der Waals surface area contributed by atoms with Gasteiger partial charge in [0, 0.05) is 23.7 Å². The average molecular weight is 368 g/mol. The number of likely N-dealkylation sites (N-methyl/N-ethyl adjacent to an activating group) is 1. The van der Waals surface area contributed by atoms with Crippen LogP contribution in [0, 0.1) is 19.3 Å². The van der Waals surface area contributed by atoms with Crippen molar-refractivity contribution in [1.82, 2.24) is 10.6 Å². The molecule has 5 heteroatoms. The Bertz CT molecular complexity index is 788. The van der Waals surface area contributed by atoms with Gasteiger partial charge in [0.1, 0.15) is 6.04 Å². The lowest BCUT2D eigenvalue weighted by atomic mass is 9.82. The highest BCUT2D eigenvalue weighted by molar-refractivity contribution is 5.99. The molecule has 3 N–H and O–H groups in total. The number of carboxylic acid groups (broad SMARTS) is 1. The number of carbonyl (C=O) groups is 2. The second-order valence-electron chi connectivity index (χ2n) is 7.22. The van der Waals surface area contributed by atoms with Gasteiger partial charge in [-0.05, 0) is 43.9 Å². The summed E-state index contributed by atoms with van der Waals surface area (Å²) in [6.07, 6.45) is 11.1. The largest absolute Gasteiger partial charge is 0.480 e. The minimum absolute atomic E-state index is 0.153. The molecular formula is C22H28N2O3. The summed E-state index contributed by atoms with van der Waals surface area (Å²) in [5, 5.41) is 15.2. The molecule has 0 saturated heterocycles. The number of carboxylic acids is 1. The topological polar surface area (TPSA) is 78.4 Å². The Balaban J connectivity index is 2.04. The highest BCUT2D eigenvalue weighted by atomic mass is 16.4. The Morgan fingerprint density at radius 2 is 1.96 bits per heavy atom. The first-order valence-corrected chi connectivity index (χ1v) is 9.10. The first kappa shape index (κ1) is 20.5. The summed E-state index contributed by atoms with van der Waals surface area (Å²) in [6.45, 7) is 5.79. The molecule has 0 aromatic heterocycles. The molecule has 0 saturated carbocycles. The Labute approximate surface area is 160 Å². The van der Waals surface area contributed by atoms with Gasteiger partial charge in [-0.15, -0.1) is 0 Å². The normalized spacial score (nSPS) is 20.2. The third-order valence-electron chi connectivity index (χ3n) is 4.88. The number of hydrogen-bond donors (Lipinski definition) is 3. The summed E-state index contributed by atoms with van der Waals surface area (Å²) in [7, 11) is 1.88. The number of hydrogen-bond acceptors (Lipinski definition) is 3.